The van der Waals surface area contributed by atoms with E-state index in [9.17, 15) is 9.59 Å². The number of anilines is 1. The quantitative estimate of drug-likeness (QED) is 0.530. The summed E-state index contributed by atoms with van der Waals surface area (Å²) in [4.78, 5) is 23.7. The highest BCUT2D eigenvalue weighted by Gasteiger charge is 2.39. The summed E-state index contributed by atoms with van der Waals surface area (Å²) in [6, 6.07) is 5.28. The van der Waals surface area contributed by atoms with Gasteiger partial charge >= 0.3 is 0 Å². The van der Waals surface area contributed by atoms with Crippen molar-refractivity contribution in [2.24, 2.45) is 0 Å². The minimum atomic E-state index is -0.717. The number of thiocarbonyl (C=S) groups is 1. The average Bonchev–Trinajstić information content (AvgIpc) is 2.36. The van der Waals surface area contributed by atoms with Crippen molar-refractivity contribution < 1.29 is 9.59 Å². The van der Waals surface area contributed by atoms with E-state index in [-0.39, 0.29) is 11.8 Å². The van der Waals surface area contributed by atoms with Gasteiger partial charge in [-0.25, -0.2) is 0 Å². The highest BCUT2D eigenvalue weighted by Crippen LogP contribution is 2.32. The molecule has 0 aromatic heterocycles. The van der Waals surface area contributed by atoms with Gasteiger partial charge in [-0.1, -0.05) is 6.07 Å². The predicted octanol–water partition coefficient (Wildman–Crippen LogP) is 1.15. The Morgan fingerprint density at radius 2 is 2.00 bits per heavy atom. The topological polar surface area (TPSA) is 70.2 Å². The summed E-state index contributed by atoms with van der Waals surface area (Å²) in [6.45, 7) is 3.58. The van der Waals surface area contributed by atoms with Crippen molar-refractivity contribution in [1.29, 1.82) is 0 Å². The van der Waals surface area contributed by atoms with Gasteiger partial charge in [0.2, 0.25) is 5.91 Å². The van der Waals surface area contributed by atoms with E-state index >= 15 is 0 Å². The second-order valence-corrected chi connectivity index (χ2v) is 5.28. The van der Waals surface area contributed by atoms with Crippen LogP contribution in [0.4, 0.5) is 5.69 Å². The molecule has 0 aliphatic carbocycles. The Morgan fingerprint density at radius 1 is 1.32 bits per heavy atom. The van der Waals surface area contributed by atoms with Crippen LogP contribution in [0, 0.1) is 0 Å². The van der Waals surface area contributed by atoms with Gasteiger partial charge < -0.3 is 10.6 Å². The Hall–Kier alpha value is -1.95. The number of imide groups is 1. The molecule has 0 atom stereocenters. The molecule has 2 amide bonds. The van der Waals surface area contributed by atoms with Crippen molar-refractivity contribution in [3.05, 3.63) is 29.3 Å². The van der Waals surface area contributed by atoms with Crippen molar-refractivity contribution in [3.63, 3.8) is 0 Å². The summed E-state index contributed by atoms with van der Waals surface area (Å²) in [5, 5.41) is 8.58. The molecule has 3 N–H and O–H groups in total. The summed E-state index contributed by atoms with van der Waals surface area (Å²) in [6.07, 6.45) is 0. The molecule has 5 nitrogen and oxygen atoms in total. The molecule has 1 aliphatic rings. The van der Waals surface area contributed by atoms with Gasteiger partial charge in [0, 0.05) is 18.3 Å². The maximum atomic E-state index is 11.9. The maximum absolute atomic E-state index is 11.9. The van der Waals surface area contributed by atoms with E-state index in [1.807, 2.05) is 0 Å². The monoisotopic (exact) mass is 277 g/mol. The third kappa shape index (κ3) is 2.31. The lowest BCUT2D eigenvalue weighted by molar-refractivity contribution is -0.125. The molecule has 1 aromatic rings. The van der Waals surface area contributed by atoms with E-state index in [4.69, 9.17) is 12.2 Å². The predicted molar refractivity (Wildman–Crippen MR) is 77.2 cm³/mol. The Morgan fingerprint density at radius 3 is 2.63 bits per heavy atom. The van der Waals surface area contributed by atoms with Crippen LogP contribution >= 0.6 is 12.2 Å². The lowest BCUT2D eigenvalue weighted by Gasteiger charge is -2.30. The Labute approximate surface area is 116 Å². The number of rotatable bonds is 1. The van der Waals surface area contributed by atoms with Crippen LogP contribution < -0.4 is 16.0 Å². The number of carbonyl (C=O) groups excluding carboxylic acids is 2. The van der Waals surface area contributed by atoms with Gasteiger partial charge in [0.15, 0.2) is 5.11 Å². The molecule has 0 unspecified atom stereocenters. The minimum Gasteiger partial charge on any atom is -0.366 e. The van der Waals surface area contributed by atoms with Crippen LogP contribution in [-0.4, -0.2) is 24.0 Å². The molecule has 0 saturated carbocycles. The van der Waals surface area contributed by atoms with Gasteiger partial charge in [-0.3, -0.25) is 14.9 Å². The number of amides is 2. The van der Waals surface area contributed by atoms with E-state index < -0.39 is 5.41 Å². The van der Waals surface area contributed by atoms with Crippen LogP contribution in [0.25, 0.3) is 0 Å². The molecule has 100 valence electrons. The van der Waals surface area contributed by atoms with Gasteiger partial charge in [0.05, 0.1) is 5.41 Å². The maximum Gasteiger partial charge on any atom is 0.258 e. The normalized spacial score (nSPS) is 16.4. The van der Waals surface area contributed by atoms with Gasteiger partial charge in [0.25, 0.3) is 5.91 Å². The van der Waals surface area contributed by atoms with Crippen LogP contribution in [0.3, 0.4) is 0 Å². The standard InChI is InChI=1S/C13H15N3O2S/c1-13(2)9-5-4-7(15-12(19)14-3)6-8(9)10(17)16-11(13)18/h4-6H,1-3H3,(H2,14,15,19)(H,16,17,18). The molecule has 6 heteroatoms. The fraction of sp³-hybridized carbons (Fsp3) is 0.308. The Kier molecular flexibility index (Phi) is 3.28. The van der Waals surface area contributed by atoms with E-state index in [0.717, 1.165) is 5.56 Å². The second kappa shape index (κ2) is 4.62. The SMILES string of the molecule is CNC(=S)Nc1ccc2c(c1)C(=O)NC(=O)C2(C)C. The molecule has 1 aromatic carbocycles. The van der Waals surface area contributed by atoms with Crippen LogP contribution in [-0.2, 0) is 10.2 Å². The first-order valence-electron chi connectivity index (χ1n) is 5.85. The first kappa shape index (κ1) is 13.5. The van der Waals surface area contributed by atoms with Crippen molar-refractivity contribution in [3.8, 4) is 0 Å². The first-order valence-corrected chi connectivity index (χ1v) is 6.26. The zero-order valence-corrected chi connectivity index (χ0v) is 11.8. The van der Waals surface area contributed by atoms with Crippen LogP contribution in [0.15, 0.2) is 18.2 Å². The number of fused-ring (bicyclic) bond motifs is 1. The summed E-state index contributed by atoms with van der Waals surface area (Å²) < 4.78 is 0. The smallest absolute Gasteiger partial charge is 0.258 e. The lowest BCUT2D eigenvalue weighted by Crippen LogP contribution is -2.48. The van der Waals surface area contributed by atoms with E-state index in [2.05, 4.69) is 16.0 Å². The zero-order chi connectivity index (χ0) is 14.2. The van der Waals surface area contributed by atoms with E-state index in [0.29, 0.717) is 16.4 Å². The molecular weight excluding hydrogens is 262 g/mol. The van der Waals surface area contributed by atoms with E-state index in [1.165, 1.54) is 0 Å². The number of carbonyl (C=O) groups is 2. The number of nitrogens with one attached hydrogen (secondary N) is 3. The molecule has 1 heterocycles. The second-order valence-electron chi connectivity index (χ2n) is 4.87. The summed E-state index contributed by atoms with van der Waals surface area (Å²) in [5.74, 6) is -0.658. The Balaban J connectivity index is 2.45. The highest BCUT2D eigenvalue weighted by molar-refractivity contribution is 7.80. The molecule has 2 rings (SSSR count). The number of benzene rings is 1. The van der Waals surface area contributed by atoms with Gasteiger partial charge in [0.1, 0.15) is 0 Å². The number of hydrogen-bond acceptors (Lipinski definition) is 3. The molecule has 19 heavy (non-hydrogen) atoms. The van der Waals surface area contributed by atoms with Crippen LogP contribution in [0.2, 0.25) is 0 Å². The largest absolute Gasteiger partial charge is 0.366 e. The third-order valence-electron chi connectivity index (χ3n) is 3.22. The van der Waals surface area contributed by atoms with Gasteiger partial charge in [-0.05, 0) is 43.8 Å². The molecule has 0 bridgehead atoms. The molecule has 1 aliphatic heterocycles. The fourth-order valence-electron chi connectivity index (χ4n) is 2.00. The van der Waals surface area contributed by atoms with Crippen molar-refractivity contribution in [2.75, 3.05) is 12.4 Å². The van der Waals surface area contributed by atoms with Gasteiger partial charge in [-0.2, -0.15) is 0 Å². The molecule has 0 saturated heterocycles. The minimum absolute atomic E-state index is 0.281. The van der Waals surface area contributed by atoms with Crippen LogP contribution in [0.5, 0.6) is 0 Å². The van der Waals surface area contributed by atoms with Gasteiger partial charge in [-0.15, -0.1) is 0 Å². The molecular formula is C13H15N3O2S. The summed E-state index contributed by atoms with van der Waals surface area (Å²) in [5.41, 5.74) is 1.21. The first-order chi connectivity index (χ1) is 8.86. The summed E-state index contributed by atoms with van der Waals surface area (Å²) in [7, 11) is 1.71. The highest BCUT2D eigenvalue weighted by atomic mass is 32.1. The molecule has 0 radical (unpaired) electrons. The lowest BCUT2D eigenvalue weighted by atomic mass is 9.78. The van der Waals surface area contributed by atoms with E-state index in [1.54, 1.807) is 39.1 Å². The van der Waals surface area contributed by atoms with Crippen molar-refractivity contribution >= 4 is 34.8 Å². The zero-order valence-electron chi connectivity index (χ0n) is 11.0. The van der Waals surface area contributed by atoms with Crippen LogP contribution in [0.1, 0.15) is 29.8 Å². The molecule has 0 spiro atoms. The summed E-state index contributed by atoms with van der Waals surface area (Å²) >= 11 is 5.01. The fourth-order valence-corrected chi connectivity index (χ4v) is 2.12. The van der Waals surface area contributed by atoms with Crippen molar-refractivity contribution in [1.82, 2.24) is 10.6 Å². The molecule has 0 fully saturated rings. The third-order valence-corrected chi connectivity index (χ3v) is 3.52. The Bertz CT molecular complexity index is 581. The number of hydrogen-bond donors (Lipinski definition) is 3. The average molecular weight is 277 g/mol. The van der Waals surface area contributed by atoms with Crippen molar-refractivity contribution in [2.45, 2.75) is 19.3 Å².